The number of rotatable bonds is 19. The minimum atomic E-state index is -1.22. The van der Waals surface area contributed by atoms with E-state index in [2.05, 4.69) is 20.9 Å². The molecule has 0 saturated heterocycles. The van der Waals surface area contributed by atoms with Gasteiger partial charge >= 0.3 is 5.97 Å². The summed E-state index contributed by atoms with van der Waals surface area (Å²) >= 11 is 0. The zero-order valence-corrected chi connectivity index (χ0v) is 23.5. The van der Waals surface area contributed by atoms with Crippen LogP contribution in [-0.4, -0.2) is 72.0 Å². The highest BCUT2D eigenvalue weighted by atomic mass is 16.4. The van der Waals surface area contributed by atoms with E-state index in [-0.39, 0.29) is 31.3 Å². The molecule has 3 amide bonds. The number of nitrogens with one attached hydrogen (secondary N) is 3. The van der Waals surface area contributed by atoms with Crippen molar-refractivity contribution >= 4 is 29.7 Å². The van der Waals surface area contributed by atoms with Gasteiger partial charge < -0.3 is 44.0 Å². The first kappa shape index (κ1) is 34.3. The van der Waals surface area contributed by atoms with Crippen molar-refractivity contribution in [3.63, 3.8) is 0 Å². The fourth-order valence-electron chi connectivity index (χ4n) is 3.99. The number of aliphatic imine (C=N–C) groups is 1. The van der Waals surface area contributed by atoms with Crippen molar-refractivity contribution in [2.75, 3.05) is 13.1 Å². The molecule has 40 heavy (non-hydrogen) atoms. The molecule has 13 nitrogen and oxygen atoms in total. The van der Waals surface area contributed by atoms with Gasteiger partial charge in [0.05, 0.1) is 6.04 Å². The molecule has 0 fully saturated rings. The molecule has 0 aliphatic heterocycles. The molecule has 4 atom stereocenters. The standard InChI is InChI=1S/C27H46N8O5/c1-17(2)15-21(34-23(36)19(29)11-6-7-13-28)25(38)33-20(12-8-14-32-27(30)31)24(37)35-22(26(39)40)16-18-9-4-3-5-10-18/h3-5,9-10,17,19-22H,6-8,11-16,28-29H2,1-2H3,(H,33,38)(H,34,36)(H,35,37)(H,39,40)(H4,30,31,32). The van der Waals surface area contributed by atoms with E-state index in [1.165, 1.54) is 0 Å². The molecule has 0 spiro atoms. The average Bonchev–Trinajstić information content (AvgIpc) is 2.89. The summed E-state index contributed by atoms with van der Waals surface area (Å²) in [7, 11) is 0. The number of amides is 3. The van der Waals surface area contributed by atoms with Crippen molar-refractivity contribution in [3.05, 3.63) is 35.9 Å². The van der Waals surface area contributed by atoms with Gasteiger partial charge in [0.2, 0.25) is 17.7 Å². The molecule has 1 aromatic carbocycles. The number of nitrogens with zero attached hydrogens (tertiary/aromatic N) is 1. The molecule has 1 rings (SSSR count). The summed E-state index contributed by atoms with van der Waals surface area (Å²) in [6.07, 6.45) is 2.67. The number of benzene rings is 1. The highest BCUT2D eigenvalue weighted by molar-refractivity contribution is 5.94. The first-order chi connectivity index (χ1) is 18.9. The number of nitrogens with two attached hydrogens (primary N) is 4. The Hall–Kier alpha value is -3.71. The zero-order valence-electron chi connectivity index (χ0n) is 23.5. The number of unbranched alkanes of at least 4 members (excludes halogenated alkanes) is 1. The number of aliphatic carboxylic acids is 1. The van der Waals surface area contributed by atoms with Crippen LogP contribution in [0.2, 0.25) is 0 Å². The van der Waals surface area contributed by atoms with E-state index in [1.54, 1.807) is 30.3 Å². The maximum Gasteiger partial charge on any atom is 0.326 e. The van der Waals surface area contributed by atoms with Gasteiger partial charge in [0.15, 0.2) is 5.96 Å². The fourth-order valence-corrected chi connectivity index (χ4v) is 3.99. The Bertz CT molecular complexity index is 969. The third-order valence-electron chi connectivity index (χ3n) is 6.12. The Morgan fingerprint density at radius 2 is 1.45 bits per heavy atom. The topological polar surface area (TPSA) is 241 Å². The normalized spacial score (nSPS) is 13.9. The van der Waals surface area contributed by atoms with Gasteiger partial charge in [-0.2, -0.15) is 0 Å². The van der Waals surface area contributed by atoms with Crippen molar-refractivity contribution < 1.29 is 24.3 Å². The highest BCUT2D eigenvalue weighted by Crippen LogP contribution is 2.09. The predicted octanol–water partition coefficient (Wildman–Crippen LogP) is -0.676. The van der Waals surface area contributed by atoms with Crippen LogP contribution in [0, 0.1) is 5.92 Å². The summed E-state index contributed by atoms with van der Waals surface area (Å²) in [5.74, 6) is -3.00. The number of carboxylic acids is 1. The summed E-state index contributed by atoms with van der Waals surface area (Å²) < 4.78 is 0. The van der Waals surface area contributed by atoms with Gasteiger partial charge in [0, 0.05) is 13.0 Å². The van der Waals surface area contributed by atoms with Crippen molar-refractivity contribution in [3.8, 4) is 0 Å². The van der Waals surface area contributed by atoms with Crippen LogP contribution in [0.5, 0.6) is 0 Å². The Labute approximate surface area is 235 Å². The Morgan fingerprint density at radius 1 is 0.850 bits per heavy atom. The van der Waals surface area contributed by atoms with E-state index in [0.29, 0.717) is 32.2 Å². The molecule has 0 heterocycles. The first-order valence-corrected chi connectivity index (χ1v) is 13.6. The number of hydrogen-bond acceptors (Lipinski definition) is 7. The van der Waals surface area contributed by atoms with E-state index < -0.39 is 47.9 Å². The molecule has 4 unspecified atom stereocenters. The van der Waals surface area contributed by atoms with Crippen LogP contribution in [0.1, 0.15) is 57.9 Å². The van der Waals surface area contributed by atoms with Gasteiger partial charge in [-0.15, -0.1) is 0 Å². The number of carboxylic acid groups (broad SMARTS) is 1. The molecule has 224 valence electrons. The van der Waals surface area contributed by atoms with E-state index in [1.807, 2.05) is 13.8 Å². The van der Waals surface area contributed by atoms with Gasteiger partial charge in [0.25, 0.3) is 0 Å². The van der Waals surface area contributed by atoms with E-state index in [4.69, 9.17) is 22.9 Å². The molecular formula is C27H46N8O5. The van der Waals surface area contributed by atoms with Crippen molar-refractivity contribution in [1.82, 2.24) is 16.0 Å². The van der Waals surface area contributed by atoms with Gasteiger partial charge in [-0.1, -0.05) is 50.6 Å². The lowest BCUT2D eigenvalue weighted by Gasteiger charge is -2.26. The second kappa shape index (κ2) is 18.6. The monoisotopic (exact) mass is 562 g/mol. The SMILES string of the molecule is CC(C)CC(NC(=O)C(N)CCCCN)C(=O)NC(CCCN=C(N)N)C(=O)NC(Cc1ccccc1)C(=O)O. The molecule has 0 radical (unpaired) electrons. The molecule has 12 N–H and O–H groups in total. The lowest BCUT2D eigenvalue weighted by molar-refractivity contribution is -0.142. The van der Waals surface area contributed by atoms with Crippen LogP contribution in [-0.2, 0) is 25.6 Å². The quantitative estimate of drug-likeness (QED) is 0.0604. The average molecular weight is 563 g/mol. The smallest absolute Gasteiger partial charge is 0.326 e. The molecular weight excluding hydrogens is 516 g/mol. The van der Waals surface area contributed by atoms with Crippen LogP contribution in [0.25, 0.3) is 0 Å². The van der Waals surface area contributed by atoms with E-state index in [9.17, 15) is 24.3 Å². The van der Waals surface area contributed by atoms with Gasteiger partial charge in [0.1, 0.15) is 18.1 Å². The molecule has 0 bridgehead atoms. The number of guanidine groups is 1. The van der Waals surface area contributed by atoms with Crippen molar-refractivity contribution in [2.45, 2.75) is 83.0 Å². The number of carbonyl (C=O) groups excluding carboxylic acids is 3. The largest absolute Gasteiger partial charge is 0.480 e. The Kier molecular flexibility index (Phi) is 15.9. The van der Waals surface area contributed by atoms with Crippen molar-refractivity contribution in [1.29, 1.82) is 0 Å². The maximum absolute atomic E-state index is 13.3. The molecule has 0 aliphatic carbocycles. The Balaban J connectivity index is 3.03. The third-order valence-corrected chi connectivity index (χ3v) is 6.12. The summed E-state index contributed by atoms with van der Waals surface area (Å²) in [4.78, 5) is 55.1. The summed E-state index contributed by atoms with van der Waals surface area (Å²) in [6.45, 7) is 4.49. The second-order valence-corrected chi connectivity index (χ2v) is 10.2. The zero-order chi connectivity index (χ0) is 30.1. The van der Waals surface area contributed by atoms with Crippen LogP contribution in [0.4, 0.5) is 0 Å². The molecule has 0 aliphatic rings. The molecule has 0 aromatic heterocycles. The lowest BCUT2D eigenvalue weighted by atomic mass is 10.0. The summed E-state index contributed by atoms with van der Waals surface area (Å²) in [5, 5.41) is 17.6. The minimum absolute atomic E-state index is 0.0425. The van der Waals surface area contributed by atoms with Crippen molar-refractivity contribution in [2.24, 2.45) is 33.8 Å². The molecule has 0 saturated carbocycles. The molecule has 13 heteroatoms. The fraction of sp³-hybridized carbons (Fsp3) is 0.593. The third kappa shape index (κ3) is 13.9. The minimum Gasteiger partial charge on any atom is -0.480 e. The maximum atomic E-state index is 13.3. The first-order valence-electron chi connectivity index (χ1n) is 13.6. The summed E-state index contributed by atoms with van der Waals surface area (Å²) in [5.41, 5.74) is 23.0. The van der Waals surface area contributed by atoms with Gasteiger partial charge in [-0.25, -0.2) is 4.79 Å². The highest BCUT2D eigenvalue weighted by Gasteiger charge is 2.30. The van der Waals surface area contributed by atoms with Gasteiger partial charge in [-0.3, -0.25) is 19.4 Å². The van der Waals surface area contributed by atoms with Crippen LogP contribution in [0.15, 0.2) is 35.3 Å². The second-order valence-electron chi connectivity index (χ2n) is 10.2. The molecule has 1 aromatic rings. The van der Waals surface area contributed by atoms with Crippen LogP contribution < -0.4 is 38.9 Å². The van der Waals surface area contributed by atoms with Crippen LogP contribution in [0.3, 0.4) is 0 Å². The Morgan fingerprint density at radius 3 is 2.02 bits per heavy atom. The van der Waals surface area contributed by atoms with E-state index >= 15 is 0 Å². The van der Waals surface area contributed by atoms with E-state index in [0.717, 1.165) is 12.0 Å². The number of hydrogen-bond donors (Lipinski definition) is 8. The summed E-state index contributed by atoms with van der Waals surface area (Å²) in [6, 6.07) is 4.81. The lowest BCUT2D eigenvalue weighted by Crippen LogP contribution is -2.57. The van der Waals surface area contributed by atoms with Crippen LogP contribution >= 0.6 is 0 Å². The predicted molar refractivity (Wildman–Crippen MR) is 154 cm³/mol. The number of carbonyl (C=O) groups is 4. The van der Waals surface area contributed by atoms with Gasteiger partial charge in [-0.05, 0) is 50.1 Å².